The SMILES string of the molecule is COC(=O)C(Cc1ccc(OCc2ccccc2)c(C)c1)[C@@H](Cc1ccc(C)c(C)c1)C(=O)OC. The molecular formula is C30H34O5. The molecule has 1 unspecified atom stereocenters. The van der Waals surface area contributed by atoms with E-state index in [2.05, 4.69) is 6.07 Å². The topological polar surface area (TPSA) is 61.8 Å². The highest BCUT2D eigenvalue weighted by Crippen LogP contribution is 2.28. The Morgan fingerprint density at radius 3 is 1.71 bits per heavy atom. The zero-order chi connectivity index (χ0) is 25.4. The van der Waals surface area contributed by atoms with Crippen LogP contribution in [0, 0.1) is 32.6 Å². The fourth-order valence-corrected chi connectivity index (χ4v) is 4.26. The first kappa shape index (κ1) is 26.0. The Morgan fingerprint density at radius 2 is 1.20 bits per heavy atom. The fourth-order valence-electron chi connectivity index (χ4n) is 4.26. The maximum absolute atomic E-state index is 12.8. The first-order valence-electron chi connectivity index (χ1n) is 11.8. The Labute approximate surface area is 208 Å². The third-order valence-electron chi connectivity index (χ3n) is 6.45. The van der Waals surface area contributed by atoms with Crippen LogP contribution in [0.3, 0.4) is 0 Å². The van der Waals surface area contributed by atoms with Crippen molar-refractivity contribution in [3.8, 4) is 5.75 Å². The van der Waals surface area contributed by atoms with E-state index in [0.717, 1.165) is 33.6 Å². The molecule has 3 aromatic rings. The molecule has 3 aromatic carbocycles. The quantitative estimate of drug-likeness (QED) is 0.360. The molecule has 0 aliphatic heterocycles. The van der Waals surface area contributed by atoms with Crippen molar-refractivity contribution in [1.82, 2.24) is 0 Å². The molecule has 0 radical (unpaired) electrons. The van der Waals surface area contributed by atoms with E-state index in [1.54, 1.807) is 0 Å². The molecule has 184 valence electrons. The van der Waals surface area contributed by atoms with Gasteiger partial charge in [0.1, 0.15) is 12.4 Å². The van der Waals surface area contributed by atoms with Crippen LogP contribution in [0.1, 0.15) is 33.4 Å². The predicted octanol–water partition coefficient (Wildman–Crippen LogP) is 5.55. The van der Waals surface area contributed by atoms with Crippen molar-refractivity contribution in [1.29, 1.82) is 0 Å². The van der Waals surface area contributed by atoms with Gasteiger partial charge in [-0.15, -0.1) is 0 Å². The first-order chi connectivity index (χ1) is 16.8. The van der Waals surface area contributed by atoms with Crippen LogP contribution in [0.2, 0.25) is 0 Å². The van der Waals surface area contributed by atoms with Crippen LogP contribution in [-0.4, -0.2) is 26.2 Å². The Morgan fingerprint density at radius 1 is 0.657 bits per heavy atom. The van der Waals surface area contributed by atoms with Gasteiger partial charge in [0.05, 0.1) is 26.1 Å². The van der Waals surface area contributed by atoms with Gasteiger partial charge in [0.25, 0.3) is 0 Å². The molecule has 5 heteroatoms. The molecule has 2 atom stereocenters. The number of benzene rings is 3. The lowest BCUT2D eigenvalue weighted by molar-refractivity contribution is -0.157. The predicted molar refractivity (Wildman–Crippen MR) is 136 cm³/mol. The summed E-state index contributed by atoms with van der Waals surface area (Å²) in [5.41, 5.74) is 6.29. The van der Waals surface area contributed by atoms with Crippen LogP contribution in [0.4, 0.5) is 0 Å². The summed E-state index contributed by atoms with van der Waals surface area (Å²) >= 11 is 0. The van der Waals surface area contributed by atoms with E-state index >= 15 is 0 Å². The number of rotatable bonds is 10. The lowest BCUT2D eigenvalue weighted by Crippen LogP contribution is -2.35. The van der Waals surface area contributed by atoms with E-state index in [-0.39, 0.29) is 0 Å². The second kappa shape index (κ2) is 12.2. The van der Waals surface area contributed by atoms with E-state index in [1.807, 2.05) is 81.4 Å². The van der Waals surface area contributed by atoms with Crippen LogP contribution in [0.25, 0.3) is 0 Å². The molecule has 0 amide bonds. The van der Waals surface area contributed by atoms with E-state index in [4.69, 9.17) is 14.2 Å². The van der Waals surface area contributed by atoms with Crippen LogP contribution >= 0.6 is 0 Å². The monoisotopic (exact) mass is 474 g/mol. The smallest absolute Gasteiger partial charge is 0.309 e. The molecular weight excluding hydrogens is 440 g/mol. The number of ether oxygens (including phenoxy) is 3. The van der Waals surface area contributed by atoms with E-state index < -0.39 is 23.8 Å². The summed E-state index contributed by atoms with van der Waals surface area (Å²) in [6.45, 7) is 6.54. The summed E-state index contributed by atoms with van der Waals surface area (Å²) in [6.07, 6.45) is 0.752. The Balaban J connectivity index is 1.81. The molecule has 0 spiro atoms. The van der Waals surface area contributed by atoms with Crippen LogP contribution in [0.5, 0.6) is 5.75 Å². The van der Waals surface area contributed by atoms with Gasteiger partial charge in [-0.3, -0.25) is 9.59 Å². The van der Waals surface area contributed by atoms with Crippen molar-refractivity contribution < 1.29 is 23.8 Å². The number of methoxy groups -OCH3 is 2. The van der Waals surface area contributed by atoms with Crippen molar-refractivity contribution in [2.24, 2.45) is 11.8 Å². The minimum absolute atomic E-state index is 0.358. The number of hydrogen-bond donors (Lipinski definition) is 0. The number of esters is 2. The molecule has 0 aliphatic rings. The van der Waals surface area contributed by atoms with Gasteiger partial charge in [0, 0.05) is 0 Å². The molecule has 0 heterocycles. The van der Waals surface area contributed by atoms with Crippen LogP contribution in [0.15, 0.2) is 66.7 Å². The largest absolute Gasteiger partial charge is 0.489 e. The summed E-state index contributed by atoms with van der Waals surface area (Å²) in [5, 5.41) is 0. The van der Waals surface area contributed by atoms with Crippen LogP contribution < -0.4 is 4.74 Å². The average molecular weight is 475 g/mol. The van der Waals surface area contributed by atoms with Crippen molar-refractivity contribution in [3.63, 3.8) is 0 Å². The summed E-state index contributed by atoms with van der Waals surface area (Å²) in [4.78, 5) is 25.7. The van der Waals surface area contributed by atoms with Crippen molar-refractivity contribution >= 4 is 11.9 Å². The highest BCUT2D eigenvalue weighted by atomic mass is 16.5. The molecule has 0 aliphatic carbocycles. The van der Waals surface area contributed by atoms with Gasteiger partial charge in [-0.1, -0.05) is 60.7 Å². The number of carbonyl (C=O) groups is 2. The van der Waals surface area contributed by atoms with Crippen molar-refractivity contribution in [2.75, 3.05) is 14.2 Å². The minimum Gasteiger partial charge on any atom is -0.489 e. The van der Waals surface area contributed by atoms with E-state index in [1.165, 1.54) is 19.8 Å². The highest BCUT2D eigenvalue weighted by Gasteiger charge is 2.35. The molecule has 35 heavy (non-hydrogen) atoms. The normalized spacial score (nSPS) is 12.5. The zero-order valence-electron chi connectivity index (χ0n) is 21.2. The third kappa shape index (κ3) is 6.95. The molecule has 0 fully saturated rings. The Kier molecular flexibility index (Phi) is 9.07. The summed E-state index contributed by atoms with van der Waals surface area (Å²) in [6, 6.07) is 21.9. The van der Waals surface area contributed by atoms with Crippen molar-refractivity contribution in [2.45, 2.75) is 40.2 Å². The van der Waals surface area contributed by atoms with Gasteiger partial charge in [-0.05, 0) is 73.1 Å². The van der Waals surface area contributed by atoms with Crippen LogP contribution in [-0.2, 0) is 38.5 Å². The lowest BCUT2D eigenvalue weighted by Gasteiger charge is -2.24. The van der Waals surface area contributed by atoms with Gasteiger partial charge in [0.2, 0.25) is 0 Å². The standard InChI is InChI=1S/C30H34O5/c1-20-11-12-24(15-21(20)2)17-26(29(31)33-4)27(30(32)34-5)18-25-13-14-28(22(3)16-25)35-19-23-9-7-6-8-10-23/h6-16,26-27H,17-19H2,1-5H3/t26-,27?/m1/s1. The molecule has 3 rings (SSSR count). The number of aryl methyl sites for hydroxylation is 3. The van der Waals surface area contributed by atoms with Crippen molar-refractivity contribution in [3.05, 3.63) is 100 Å². The lowest BCUT2D eigenvalue weighted by atomic mass is 9.82. The molecule has 5 nitrogen and oxygen atoms in total. The number of hydrogen-bond acceptors (Lipinski definition) is 5. The molecule has 0 saturated carbocycles. The Hall–Kier alpha value is -3.60. The summed E-state index contributed by atoms with van der Waals surface area (Å²) in [5.74, 6) is -1.40. The fraction of sp³-hybridized carbons (Fsp3) is 0.333. The maximum atomic E-state index is 12.8. The Bertz CT molecular complexity index is 1150. The summed E-state index contributed by atoms with van der Waals surface area (Å²) < 4.78 is 16.2. The number of carbonyl (C=O) groups excluding carboxylic acids is 2. The molecule has 0 saturated heterocycles. The van der Waals surface area contributed by atoms with Gasteiger partial charge in [0.15, 0.2) is 0 Å². The molecule has 0 N–H and O–H groups in total. The minimum atomic E-state index is -0.676. The first-order valence-corrected chi connectivity index (χ1v) is 11.8. The third-order valence-corrected chi connectivity index (χ3v) is 6.45. The summed E-state index contributed by atoms with van der Waals surface area (Å²) in [7, 11) is 2.71. The maximum Gasteiger partial charge on any atom is 0.309 e. The van der Waals surface area contributed by atoms with Gasteiger partial charge >= 0.3 is 11.9 Å². The highest BCUT2D eigenvalue weighted by molar-refractivity contribution is 5.82. The average Bonchev–Trinajstić information content (AvgIpc) is 2.87. The van der Waals surface area contributed by atoms with Gasteiger partial charge in [-0.25, -0.2) is 0 Å². The zero-order valence-corrected chi connectivity index (χ0v) is 21.2. The van der Waals surface area contributed by atoms with E-state index in [9.17, 15) is 9.59 Å². The second-order valence-electron chi connectivity index (χ2n) is 8.96. The molecule has 0 aromatic heterocycles. The van der Waals surface area contributed by atoms with Gasteiger partial charge in [-0.2, -0.15) is 0 Å². The second-order valence-corrected chi connectivity index (χ2v) is 8.96. The van der Waals surface area contributed by atoms with E-state index in [0.29, 0.717) is 19.4 Å². The van der Waals surface area contributed by atoms with Gasteiger partial charge < -0.3 is 14.2 Å². The molecule has 0 bridgehead atoms.